The third-order valence-corrected chi connectivity index (χ3v) is 8.51. The number of thiophene rings is 1. The molecule has 3 heterocycles. The molecule has 0 atom stereocenters. The first-order valence-electron chi connectivity index (χ1n) is 9.51. The van der Waals surface area contributed by atoms with Crippen LogP contribution in [-0.2, 0) is 16.2 Å². The van der Waals surface area contributed by atoms with Crippen molar-refractivity contribution in [1.29, 1.82) is 0 Å². The van der Waals surface area contributed by atoms with Gasteiger partial charge in [0.2, 0.25) is 5.76 Å². The van der Waals surface area contributed by atoms with Crippen LogP contribution >= 0.6 is 11.3 Å². The van der Waals surface area contributed by atoms with Crippen molar-refractivity contribution in [1.82, 2.24) is 9.46 Å². The molecule has 0 radical (unpaired) electrons. The Morgan fingerprint density at radius 1 is 1.06 bits per heavy atom. The summed E-state index contributed by atoms with van der Waals surface area (Å²) in [5.74, 6) is -1.22. The van der Waals surface area contributed by atoms with Crippen LogP contribution in [0, 0.1) is 13.8 Å². The maximum atomic E-state index is 13.1. The lowest BCUT2D eigenvalue weighted by Crippen LogP contribution is -2.48. The lowest BCUT2D eigenvalue weighted by Gasteiger charge is -2.36. The van der Waals surface area contributed by atoms with Gasteiger partial charge < -0.3 is 9.42 Å². The van der Waals surface area contributed by atoms with Gasteiger partial charge in [-0.2, -0.15) is 17.5 Å². The average molecular weight is 472 g/mol. The van der Waals surface area contributed by atoms with E-state index < -0.39 is 22.0 Å². The summed E-state index contributed by atoms with van der Waals surface area (Å²) in [7, 11) is -3.75. The van der Waals surface area contributed by atoms with Crippen molar-refractivity contribution in [2.45, 2.75) is 24.2 Å². The molecule has 0 bridgehead atoms. The third-order valence-electron chi connectivity index (χ3n) is 5.20. The summed E-state index contributed by atoms with van der Waals surface area (Å²) in [6.45, 7) is 5.81. The van der Waals surface area contributed by atoms with Gasteiger partial charge in [0.15, 0.2) is 0 Å². The molecular weight excluding hydrogens is 451 g/mol. The Hall–Kier alpha value is -2.37. The lowest BCUT2D eigenvalue weighted by atomic mass is 10.1. The predicted octanol–water partition coefficient (Wildman–Crippen LogP) is 4.55. The summed E-state index contributed by atoms with van der Waals surface area (Å²) in [5, 5.41) is 4.89. The number of hydrogen-bond acceptors (Lipinski definition) is 6. The minimum atomic E-state index is -4.65. The van der Waals surface area contributed by atoms with Crippen LogP contribution in [0.3, 0.4) is 0 Å². The van der Waals surface area contributed by atoms with E-state index in [1.165, 1.54) is 15.8 Å². The fourth-order valence-electron chi connectivity index (χ4n) is 3.49. The highest BCUT2D eigenvalue weighted by Gasteiger charge is 2.36. The van der Waals surface area contributed by atoms with Crippen LogP contribution in [0.1, 0.15) is 16.9 Å². The SMILES string of the molecule is Cc1ccc(C)c(N2CCN(S(=O)(=O)c3cc(-c4cc(C(F)(F)F)on4)cs3)CC2)c1. The van der Waals surface area contributed by atoms with Gasteiger partial charge in [0, 0.05) is 48.9 Å². The number of anilines is 1. The first kappa shape index (κ1) is 21.8. The molecule has 2 aromatic heterocycles. The molecule has 0 spiro atoms. The molecule has 3 aromatic rings. The molecule has 1 aliphatic heterocycles. The molecule has 0 saturated carbocycles. The Kier molecular flexibility index (Phi) is 5.61. The van der Waals surface area contributed by atoms with Crippen molar-refractivity contribution < 1.29 is 26.1 Å². The molecular formula is C20H20F3N3O3S2. The normalized spacial score (nSPS) is 16.1. The Morgan fingerprint density at radius 2 is 1.77 bits per heavy atom. The fraction of sp³-hybridized carbons (Fsp3) is 0.350. The molecule has 1 saturated heterocycles. The number of benzene rings is 1. The minimum Gasteiger partial charge on any atom is -0.369 e. The molecule has 0 N–H and O–H groups in total. The van der Waals surface area contributed by atoms with Gasteiger partial charge in [-0.05, 0) is 37.1 Å². The molecule has 11 heteroatoms. The smallest absolute Gasteiger partial charge is 0.369 e. The molecule has 166 valence electrons. The van der Waals surface area contributed by atoms with E-state index in [2.05, 4.69) is 26.7 Å². The number of halogens is 3. The molecule has 31 heavy (non-hydrogen) atoms. The number of aromatic nitrogens is 1. The van der Waals surface area contributed by atoms with Crippen molar-refractivity contribution >= 4 is 27.0 Å². The lowest BCUT2D eigenvalue weighted by molar-refractivity contribution is -0.155. The Morgan fingerprint density at radius 3 is 2.42 bits per heavy atom. The van der Waals surface area contributed by atoms with Crippen LogP contribution in [0.5, 0.6) is 0 Å². The monoisotopic (exact) mass is 471 g/mol. The first-order chi connectivity index (χ1) is 14.6. The quantitative estimate of drug-likeness (QED) is 0.559. The van der Waals surface area contributed by atoms with E-state index >= 15 is 0 Å². The van der Waals surface area contributed by atoms with Crippen LogP contribution in [0.2, 0.25) is 0 Å². The summed E-state index contributed by atoms with van der Waals surface area (Å²) >= 11 is 0.957. The highest BCUT2D eigenvalue weighted by atomic mass is 32.2. The number of aryl methyl sites for hydroxylation is 2. The third kappa shape index (κ3) is 4.35. The summed E-state index contributed by atoms with van der Waals surface area (Å²) < 4.78 is 70.1. The largest absolute Gasteiger partial charge is 0.452 e. The van der Waals surface area contributed by atoms with Gasteiger partial charge in [0.25, 0.3) is 10.0 Å². The number of sulfonamides is 1. The van der Waals surface area contributed by atoms with Crippen LogP contribution < -0.4 is 4.90 Å². The number of piperazine rings is 1. The summed E-state index contributed by atoms with van der Waals surface area (Å²) in [6, 6.07) is 8.30. The second-order valence-corrected chi connectivity index (χ2v) is 10.5. The van der Waals surface area contributed by atoms with Gasteiger partial charge in [-0.1, -0.05) is 17.3 Å². The number of rotatable bonds is 4. The zero-order chi connectivity index (χ0) is 22.4. The van der Waals surface area contributed by atoms with E-state index in [0.29, 0.717) is 26.2 Å². The van der Waals surface area contributed by atoms with Crippen LogP contribution in [0.4, 0.5) is 18.9 Å². The van der Waals surface area contributed by atoms with Gasteiger partial charge in [0.05, 0.1) is 0 Å². The fourth-order valence-corrected chi connectivity index (χ4v) is 6.24. The zero-order valence-electron chi connectivity index (χ0n) is 16.8. The number of alkyl halides is 3. The summed E-state index contributed by atoms with van der Waals surface area (Å²) in [5.41, 5.74) is 3.60. The zero-order valence-corrected chi connectivity index (χ0v) is 18.4. The molecule has 4 rings (SSSR count). The minimum absolute atomic E-state index is 0.0511. The van der Waals surface area contributed by atoms with Gasteiger partial charge in [-0.25, -0.2) is 8.42 Å². The van der Waals surface area contributed by atoms with Gasteiger partial charge in [-0.3, -0.25) is 0 Å². The molecule has 1 fully saturated rings. The summed E-state index contributed by atoms with van der Waals surface area (Å²) in [6.07, 6.45) is -4.65. The van der Waals surface area contributed by atoms with Crippen molar-refractivity contribution in [2.75, 3.05) is 31.1 Å². The summed E-state index contributed by atoms with van der Waals surface area (Å²) in [4.78, 5) is 2.17. The van der Waals surface area contributed by atoms with E-state index in [-0.39, 0.29) is 15.5 Å². The highest BCUT2D eigenvalue weighted by Crippen LogP contribution is 2.35. The molecule has 0 aliphatic carbocycles. The van der Waals surface area contributed by atoms with Crippen molar-refractivity contribution in [3.05, 3.63) is 52.6 Å². The highest BCUT2D eigenvalue weighted by molar-refractivity contribution is 7.91. The molecule has 0 amide bonds. The Balaban J connectivity index is 1.49. The molecule has 1 aliphatic rings. The maximum Gasteiger partial charge on any atom is 0.452 e. The predicted molar refractivity (Wildman–Crippen MR) is 112 cm³/mol. The van der Waals surface area contributed by atoms with Crippen molar-refractivity contribution in [2.24, 2.45) is 0 Å². The van der Waals surface area contributed by atoms with Crippen LogP contribution in [-0.4, -0.2) is 44.1 Å². The molecule has 0 unspecified atom stereocenters. The van der Waals surface area contributed by atoms with Crippen LogP contribution in [0.25, 0.3) is 11.3 Å². The van der Waals surface area contributed by atoms with Crippen molar-refractivity contribution in [3.63, 3.8) is 0 Å². The second-order valence-electron chi connectivity index (χ2n) is 7.41. The van der Waals surface area contributed by atoms with Gasteiger partial charge >= 0.3 is 6.18 Å². The van der Waals surface area contributed by atoms with E-state index in [1.54, 1.807) is 0 Å². The Labute approximate surface area is 181 Å². The van der Waals surface area contributed by atoms with Gasteiger partial charge in [-0.15, -0.1) is 11.3 Å². The van der Waals surface area contributed by atoms with E-state index in [4.69, 9.17) is 0 Å². The second kappa shape index (κ2) is 7.95. The van der Waals surface area contributed by atoms with Crippen molar-refractivity contribution in [3.8, 4) is 11.3 Å². The molecule has 6 nitrogen and oxygen atoms in total. The maximum absolute atomic E-state index is 13.1. The number of nitrogens with zero attached hydrogens (tertiary/aromatic N) is 3. The number of hydrogen-bond donors (Lipinski definition) is 0. The van der Waals surface area contributed by atoms with E-state index in [0.717, 1.165) is 34.2 Å². The van der Waals surface area contributed by atoms with E-state index in [9.17, 15) is 21.6 Å². The van der Waals surface area contributed by atoms with Gasteiger partial charge in [0.1, 0.15) is 9.90 Å². The van der Waals surface area contributed by atoms with Crippen LogP contribution in [0.15, 0.2) is 44.4 Å². The Bertz CT molecular complexity index is 1190. The topological polar surface area (TPSA) is 66.7 Å². The standard InChI is InChI=1S/C20H20F3N3O3S2/c1-13-3-4-14(2)17(9-13)25-5-7-26(8-6-25)31(27,28)19-10-15(12-30-19)16-11-18(29-24-16)20(21,22)23/h3-4,9-12H,5-8H2,1-2H3. The first-order valence-corrected chi connectivity index (χ1v) is 11.8. The average Bonchev–Trinajstić information content (AvgIpc) is 3.39. The van der Waals surface area contributed by atoms with E-state index in [1.807, 2.05) is 19.9 Å². The molecule has 1 aromatic carbocycles.